The van der Waals surface area contributed by atoms with Crippen molar-refractivity contribution in [2.75, 3.05) is 39.4 Å². The minimum Gasteiger partial charge on any atom is -0.388 e. The molecule has 8 aliphatic rings. The maximum atomic E-state index is 12.3. The monoisotopic (exact) mass is 715 g/mol. The van der Waals surface area contributed by atoms with Gasteiger partial charge in [0.15, 0.2) is 12.0 Å². The van der Waals surface area contributed by atoms with Crippen LogP contribution in [0.3, 0.4) is 0 Å². The third-order valence-corrected chi connectivity index (χ3v) is 16.4. The summed E-state index contributed by atoms with van der Waals surface area (Å²) in [6, 6.07) is 0. The molecule has 0 aromatic carbocycles. The highest BCUT2D eigenvalue weighted by Gasteiger charge is 2.80. The lowest BCUT2D eigenvalue weighted by Crippen LogP contribution is -2.56. The van der Waals surface area contributed by atoms with Crippen molar-refractivity contribution in [2.45, 2.75) is 167 Å². The van der Waals surface area contributed by atoms with Crippen molar-refractivity contribution in [1.82, 2.24) is 10.2 Å². The summed E-state index contributed by atoms with van der Waals surface area (Å²) >= 11 is 0. The van der Waals surface area contributed by atoms with Gasteiger partial charge < -0.3 is 29.4 Å². The van der Waals surface area contributed by atoms with Gasteiger partial charge in [-0.2, -0.15) is 10.2 Å². The predicted octanol–water partition coefficient (Wildman–Crippen LogP) is 6.74. The topological polar surface area (TPSA) is 114 Å². The molecule has 8 unspecified atom stereocenters. The number of nitrogens with one attached hydrogen (secondary N) is 1. The molecule has 5 aliphatic carbocycles. The van der Waals surface area contributed by atoms with Crippen LogP contribution in [0.25, 0.3) is 0 Å². The Labute approximate surface area is 308 Å². The lowest BCUT2D eigenvalue weighted by Gasteiger charge is -2.60. The summed E-state index contributed by atoms with van der Waals surface area (Å²) in [6.07, 6.45) is 13.7. The second-order valence-corrected chi connectivity index (χ2v) is 19.9. The Morgan fingerprint density at radius 3 is 2.57 bits per heavy atom. The van der Waals surface area contributed by atoms with E-state index in [0.717, 1.165) is 44.3 Å². The van der Waals surface area contributed by atoms with Gasteiger partial charge in [0, 0.05) is 47.1 Å². The average molecular weight is 715 g/mol. The fraction of sp³-hybridized carbons (Fsp3) is 0.976. The van der Waals surface area contributed by atoms with Crippen LogP contribution >= 0.6 is 0 Å². The zero-order valence-corrected chi connectivity index (χ0v) is 32.8. The number of aliphatic hydroxyl groups is 1. The summed E-state index contributed by atoms with van der Waals surface area (Å²) in [5.41, 5.74) is 0.204. The van der Waals surface area contributed by atoms with Gasteiger partial charge in [-0.25, -0.2) is 0 Å². The number of hydrogen-bond acceptors (Lipinski definition) is 9. The van der Waals surface area contributed by atoms with E-state index >= 15 is 0 Å². The van der Waals surface area contributed by atoms with Gasteiger partial charge in [0.25, 0.3) is 0 Å². The largest absolute Gasteiger partial charge is 0.388 e. The molecule has 0 radical (unpaired) electrons. The summed E-state index contributed by atoms with van der Waals surface area (Å²) in [6.45, 7) is 19.7. The number of morpholine rings is 1. The van der Waals surface area contributed by atoms with Gasteiger partial charge in [0.05, 0.1) is 30.5 Å². The Morgan fingerprint density at radius 2 is 1.82 bits per heavy atom. The number of hydrogen-bond donors (Lipinski definition) is 2. The van der Waals surface area contributed by atoms with Crippen LogP contribution in [0.5, 0.6) is 0 Å². The second-order valence-electron chi connectivity index (χ2n) is 19.9. The Hall–Kier alpha value is -1.17. The fourth-order valence-corrected chi connectivity index (χ4v) is 13.8. The van der Waals surface area contributed by atoms with Crippen molar-refractivity contribution in [3.8, 4) is 0 Å². The molecule has 10 heteroatoms. The minimum absolute atomic E-state index is 0. The van der Waals surface area contributed by atoms with E-state index in [1.54, 1.807) is 0 Å². The molecular weight excluding hydrogens is 644 g/mol. The number of rotatable bonds is 12. The van der Waals surface area contributed by atoms with E-state index in [4.69, 9.17) is 18.9 Å². The quantitative estimate of drug-likeness (QED) is 0.230. The minimum atomic E-state index is -0.912. The number of amides is 1. The van der Waals surface area contributed by atoms with Gasteiger partial charge in [-0.3, -0.25) is 9.69 Å². The van der Waals surface area contributed by atoms with Crippen molar-refractivity contribution >= 4 is 5.91 Å². The van der Waals surface area contributed by atoms with Gasteiger partial charge in [0.2, 0.25) is 5.91 Å². The normalized spacial score (nSPS) is 45.4. The first-order valence-electron chi connectivity index (χ1n) is 20.8. The highest BCUT2D eigenvalue weighted by molar-refractivity contribution is 5.75. The van der Waals surface area contributed by atoms with E-state index in [1.165, 1.54) is 51.4 Å². The average Bonchev–Trinajstić information content (AvgIpc) is 3.96. The van der Waals surface area contributed by atoms with Crippen LogP contribution in [0.4, 0.5) is 0 Å². The van der Waals surface area contributed by atoms with Gasteiger partial charge in [0.1, 0.15) is 6.10 Å². The molecule has 3 heterocycles. The third-order valence-electron chi connectivity index (χ3n) is 16.4. The van der Waals surface area contributed by atoms with Crippen LogP contribution < -0.4 is 5.32 Å². The molecule has 7 fully saturated rings. The number of fused-ring (bicyclic) bond motifs is 4. The molecule has 5 saturated carbocycles. The van der Waals surface area contributed by atoms with E-state index in [9.17, 15) is 9.90 Å². The van der Waals surface area contributed by atoms with E-state index < -0.39 is 5.60 Å². The van der Waals surface area contributed by atoms with Crippen LogP contribution in [-0.4, -0.2) is 97.3 Å². The Kier molecular flexibility index (Phi) is 9.35. The third kappa shape index (κ3) is 6.26. The Morgan fingerprint density at radius 1 is 1.04 bits per heavy atom. The van der Waals surface area contributed by atoms with Crippen LogP contribution in [0.15, 0.2) is 10.2 Å². The van der Waals surface area contributed by atoms with Gasteiger partial charge >= 0.3 is 0 Å². The molecule has 0 aromatic rings. The summed E-state index contributed by atoms with van der Waals surface area (Å²) in [7, 11) is 0. The van der Waals surface area contributed by atoms with E-state index in [-0.39, 0.29) is 43.0 Å². The predicted molar refractivity (Wildman–Crippen MR) is 196 cm³/mol. The fourth-order valence-electron chi connectivity index (χ4n) is 13.8. The highest BCUT2D eigenvalue weighted by Crippen LogP contribution is 2.87. The van der Waals surface area contributed by atoms with Crippen molar-refractivity contribution < 1.29 is 30.3 Å². The molecule has 2 saturated heterocycles. The van der Waals surface area contributed by atoms with E-state index in [0.29, 0.717) is 66.8 Å². The maximum absolute atomic E-state index is 12.3. The number of carbonyl (C=O) groups excluding carboxylic acids is 1. The van der Waals surface area contributed by atoms with E-state index in [2.05, 4.69) is 41.2 Å². The van der Waals surface area contributed by atoms with E-state index in [1.807, 2.05) is 27.7 Å². The maximum Gasteiger partial charge on any atom is 0.220 e. The molecule has 2 spiro atoms. The summed E-state index contributed by atoms with van der Waals surface area (Å²) in [4.78, 5) is 14.7. The first-order chi connectivity index (χ1) is 24.1. The second kappa shape index (κ2) is 13.0. The molecule has 1 amide bonds. The molecule has 8 rings (SSSR count). The lowest BCUT2D eigenvalue weighted by atomic mass is 9.46. The summed E-state index contributed by atoms with van der Waals surface area (Å²) in [5, 5.41) is 22.1. The zero-order valence-electron chi connectivity index (χ0n) is 32.8. The standard InChI is InChI=1S/C41H68N4O6.H2/c1-8-48-35(37(4,5)47)29-11-9-27-30(50-29)23-28-26-10-12-31-36(2,3)32(13-16-41(31)25-40(26,41)18-17-38(27,28)6)51-34-24-45(21-22-49-34)20-19-42-33(46)14-15-39(7)43-44-39;/h26-32,34-35,47H,8-25H2,1-7H3,(H,42,46);1H/t26?,27?,28?,29?,30?,31?,32-,34?,35-,38?,40-,41+;/m0./s1. The van der Waals surface area contributed by atoms with Crippen molar-refractivity contribution in [1.29, 1.82) is 0 Å². The van der Waals surface area contributed by atoms with Gasteiger partial charge in [-0.05, 0) is 137 Å². The molecule has 10 nitrogen and oxygen atoms in total. The summed E-state index contributed by atoms with van der Waals surface area (Å²) < 4.78 is 26.3. The molecule has 12 atom stereocenters. The smallest absolute Gasteiger partial charge is 0.220 e. The number of carbonyl (C=O) groups is 1. The Bertz CT molecular complexity index is 1350. The SMILES string of the molecule is CCO[C@@H](C1CCC2C(CC3C4CCC5C(C)(C)[C@@H](OC6CN(CCNC(=O)CCC7(C)N=N7)CCO6)CC[C@@]56C[C@@]46CCC23C)O1)C(C)(C)O.[HH]. The molecule has 0 bridgehead atoms. The molecule has 3 aliphatic heterocycles. The first-order valence-corrected chi connectivity index (χ1v) is 20.8. The number of ether oxygens (including phenoxy) is 4. The van der Waals surface area contributed by atoms with Gasteiger partial charge in [-0.15, -0.1) is 0 Å². The molecule has 0 aromatic heterocycles. The van der Waals surface area contributed by atoms with Crippen molar-refractivity contribution in [3.63, 3.8) is 0 Å². The molecule has 2 N–H and O–H groups in total. The zero-order chi connectivity index (χ0) is 36.0. The number of nitrogens with zero attached hydrogens (tertiary/aromatic N) is 3. The van der Waals surface area contributed by atoms with Crippen molar-refractivity contribution in [3.05, 3.63) is 0 Å². The van der Waals surface area contributed by atoms with Crippen LogP contribution in [0.1, 0.15) is 127 Å². The first kappa shape index (κ1) is 36.8. The highest BCUT2D eigenvalue weighted by atomic mass is 16.7. The summed E-state index contributed by atoms with van der Waals surface area (Å²) in [5.74, 6) is 2.95. The lowest BCUT2D eigenvalue weighted by molar-refractivity contribution is -0.245. The van der Waals surface area contributed by atoms with Crippen LogP contribution in [-0.2, 0) is 23.7 Å². The molecular formula is C41H70N4O6. The van der Waals surface area contributed by atoms with Crippen molar-refractivity contribution in [2.24, 2.45) is 55.6 Å². The molecule has 290 valence electrons. The van der Waals surface area contributed by atoms with Gasteiger partial charge in [-0.1, -0.05) is 20.8 Å². The van der Waals surface area contributed by atoms with Crippen LogP contribution in [0.2, 0.25) is 0 Å². The Balaban J connectivity index is 0.00000420. The molecule has 51 heavy (non-hydrogen) atoms. The van der Waals surface area contributed by atoms with Crippen LogP contribution in [0, 0.1) is 45.3 Å².